The minimum Gasteiger partial charge on any atom is -0.311 e. The van der Waals surface area contributed by atoms with E-state index in [0.717, 1.165) is 0 Å². The van der Waals surface area contributed by atoms with E-state index in [-0.39, 0.29) is 6.71 Å². The molecule has 0 amide bonds. The molecule has 0 bridgehead atoms. The molecule has 282 valence electrons. The lowest BCUT2D eigenvalue weighted by Gasteiger charge is -2.37. The highest BCUT2D eigenvalue weighted by Gasteiger charge is 2.43. The summed E-state index contributed by atoms with van der Waals surface area (Å²) in [5.41, 5.74) is 18.8. The van der Waals surface area contributed by atoms with Crippen LogP contribution in [0.2, 0.25) is 0 Å². The SMILES string of the molecule is c1ccc2c(c1)sc1ccc(-c3cc4c5c(c3)N(c3ccc(C6CCCCC6)cc3)c3ccc(C6CCCCC6)cc3B5c3cc(C5CCCCC5)ccc3-4)cc12. The van der Waals surface area contributed by atoms with Crippen LogP contribution in [0, 0.1) is 0 Å². The molecule has 3 saturated carbocycles. The molecule has 0 unspecified atom stereocenters. The molecule has 1 nitrogen and oxygen atoms in total. The molecule has 1 aromatic heterocycles. The van der Waals surface area contributed by atoms with Gasteiger partial charge >= 0.3 is 0 Å². The molecular weight excluding hydrogens is 705 g/mol. The van der Waals surface area contributed by atoms with Gasteiger partial charge in [-0.2, -0.15) is 0 Å². The van der Waals surface area contributed by atoms with E-state index in [1.54, 1.807) is 16.6 Å². The van der Waals surface area contributed by atoms with Crippen LogP contribution in [0.15, 0.2) is 115 Å². The fourth-order valence-electron chi connectivity index (χ4n) is 12.1. The van der Waals surface area contributed by atoms with Crippen molar-refractivity contribution >= 4 is 71.7 Å². The molecule has 3 aliphatic carbocycles. The summed E-state index contributed by atoms with van der Waals surface area (Å²) in [4.78, 5) is 2.66. The van der Waals surface area contributed by atoms with E-state index in [9.17, 15) is 0 Å². The van der Waals surface area contributed by atoms with Crippen molar-refractivity contribution in [2.75, 3.05) is 4.90 Å². The lowest BCUT2D eigenvalue weighted by atomic mass is 9.37. The number of rotatable bonds is 5. The van der Waals surface area contributed by atoms with Crippen molar-refractivity contribution in [1.29, 1.82) is 0 Å². The number of nitrogens with zero attached hydrogens (tertiary/aromatic N) is 1. The van der Waals surface area contributed by atoms with Gasteiger partial charge in [0.25, 0.3) is 0 Å². The van der Waals surface area contributed by atoms with Crippen molar-refractivity contribution < 1.29 is 0 Å². The molecule has 3 fully saturated rings. The summed E-state index contributed by atoms with van der Waals surface area (Å²) in [7, 11) is 0. The maximum atomic E-state index is 2.68. The van der Waals surface area contributed by atoms with Gasteiger partial charge in [-0.25, -0.2) is 0 Å². The predicted molar refractivity (Wildman–Crippen MR) is 247 cm³/mol. The fourth-order valence-corrected chi connectivity index (χ4v) is 13.2. The second-order valence-corrected chi connectivity index (χ2v) is 19.4. The molecule has 7 aromatic rings. The Morgan fingerprint density at radius 2 is 1.05 bits per heavy atom. The summed E-state index contributed by atoms with van der Waals surface area (Å²) in [6.45, 7) is 0.252. The largest absolute Gasteiger partial charge is 0.311 e. The van der Waals surface area contributed by atoms with E-state index in [4.69, 9.17) is 0 Å². The Hall–Kier alpha value is -4.60. The molecule has 2 aliphatic heterocycles. The zero-order chi connectivity index (χ0) is 37.5. The average molecular weight is 758 g/mol. The van der Waals surface area contributed by atoms with E-state index in [1.165, 1.54) is 172 Å². The number of benzene rings is 6. The van der Waals surface area contributed by atoms with Gasteiger partial charge in [0.1, 0.15) is 0 Å². The highest BCUT2D eigenvalue weighted by molar-refractivity contribution is 7.25. The number of hydrogen-bond acceptors (Lipinski definition) is 2. The molecule has 0 spiro atoms. The van der Waals surface area contributed by atoms with Crippen LogP contribution in [0.4, 0.5) is 17.1 Å². The third-order valence-corrected chi connectivity index (χ3v) is 16.2. The van der Waals surface area contributed by atoms with E-state index in [2.05, 4.69) is 120 Å². The van der Waals surface area contributed by atoms with Crippen LogP contribution in [-0.4, -0.2) is 6.71 Å². The summed E-state index contributed by atoms with van der Waals surface area (Å²) in [5.74, 6) is 2.06. The minimum absolute atomic E-state index is 0.252. The minimum atomic E-state index is 0.252. The number of fused-ring (bicyclic) bond motifs is 8. The molecule has 0 radical (unpaired) electrons. The maximum absolute atomic E-state index is 2.68. The van der Waals surface area contributed by atoms with Gasteiger partial charge in [-0.1, -0.05) is 130 Å². The maximum Gasteiger partial charge on any atom is 0.248 e. The van der Waals surface area contributed by atoms with E-state index in [1.807, 2.05) is 11.3 Å². The zero-order valence-corrected chi connectivity index (χ0v) is 34.1. The Balaban J connectivity index is 1.08. The number of hydrogen-bond donors (Lipinski definition) is 0. The molecule has 6 aromatic carbocycles. The van der Waals surface area contributed by atoms with Crippen LogP contribution >= 0.6 is 11.3 Å². The lowest BCUT2D eigenvalue weighted by Crippen LogP contribution is -2.55. The van der Waals surface area contributed by atoms with Crippen LogP contribution in [0.5, 0.6) is 0 Å². The third kappa shape index (κ3) is 5.77. The second kappa shape index (κ2) is 14.1. The standard InChI is InChI=1S/C54H52BNS/c1-4-12-35(13-5-1)38-20-25-43(26-21-38)56-50-28-23-41(37-16-8-3-9-17-37)33-49(50)55-48-32-40(36-14-6-2-7-15-36)22-27-44(48)47-31-42(34-51(56)54(47)55)39-24-29-53-46(30-39)45-18-10-11-19-52(45)57-53/h10-11,18-37H,1-9,12-17H2. The molecule has 57 heavy (non-hydrogen) atoms. The van der Waals surface area contributed by atoms with Crippen molar-refractivity contribution in [2.24, 2.45) is 0 Å². The van der Waals surface area contributed by atoms with Crippen molar-refractivity contribution in [1.82, 2.24) is 0 Å². The second-order valence-electron chi connectivity index (χ2n) is 18.3. The van der Waals surface area contributed by atoms with Gasteiger partial charge in [-0.3, -0.25) is 0 Å². The fraction of sp³-hybridized carbons (Fsp3) is 0.333. The molecule has 0 atom stereocenters. The van der Waals surface area contributed by atoms with Crippen molar-refractivity contribution in [3.8, 4) is 22.3 Å². The average Bonchev–Trinajstić information content (AvgIpc) is 3.83. The van der Waals surface area contributed by atoms with Gasteiger partial charge < -0.3 is 4.90 Å². The number of anilines is 3. The van der Waals surface area contributed by atoms with Gasteiger partial charge in [0.2, 0.25) is 6.71 Å². The quantitative estimate of drug-likeness (QED) is 0.158. The topological polar surface area (TPSA) is 3.24 Å². The Labute approximate surface area is 343 Å². The molecule has 3 heteroatoms. The van der Waals surface area contributed by atoms with E-state index in [0.29, 0.717) is 17.8 Å². The van der Waals surface area contributed by atoms with Crippen molar-refractivity contribution in [3.63, 3.8) is 0 Å². The van der Waals surface area contributed by atoms with E-state index >= 15 is 0 Å². The Bertz CT molecular complexity index is 2650. The highest BCUT2D eigenvalue weighted by Crippen LogP contribution is 2.46. The first-order valence-electron chi connectivity index (χ1n) is 22.5. The summed E-state index contributed by atoms with van der Waals surface area (Å²) >= 11 is 1.91. The molecule has 3 heterocycles. The summed E-state index contributed by atoms with van der Waals surface area (Å²) in [5, 5.41) is 2.73. The first kappa shape index (κ1) is 34.4. The molecule has 5 aliphatic rings. The predicted octanol–water partition coefficient (Wildman–Crippen LogP) is 14.1. The van der Waals surface area contributed by atoms with Gasteiger partial charge in [0, 0.05) is 37.2 Å². The van der Waals surface area contributed by atoms with Crippen molar-refractivity contribution in [3.05, 3.63) is 132 Å². The molecule has 0 N–H and O–H groups in total. The van der Waals surface area contributed by atoms with Crippen LogP contribution in [0.25, 0.3) is 42.4 Å². The molecular formula is C54H52BNS. The van der Waals surface area contributed by atoms with Gasteiger partial charge in [0.05, 0.1) is 0 Å². The summed E-state index contributed by atoms with van der Waals surface area (Å²) in [6.07, 6.45) is 20.3. The van der Waals surface area contributed by atoms with Crippen LogP contribution in [-0.2, 0) is 0 Å². The Morgan fingerprint density at radius 1 is 0.439 bits per heavy atom. The first-order valence-corrected chi connectivity index (χ1v) is 23.3. The lowest BCUT2D eigenvalue weighted by molar-refractivity contribution is 0.443. The van der Waals surface area contributed by atoms with Gasteiger partial charge in [0.15, 0.2) is 0 Å². The van der Waals surface area contributed by atoms with Crippen LogP contribution in [0.3, 0.4) is 0 Å². The number of thiophene rings is 1. The van der Waals surface area contributed by atoms with Gasteiger partial charge in [-0.05, 0) is 155 Å². The third-order valence-electron chi connectivity index (χ3n) is 15.1. The smallest absolute Gasteiger partial charge is 0.248 e. The highest BCUT2D eigenvalue weighted by atomic mass is 32.1. The first-order chi connectivity index (χ1) is 28.2. The van der Waals surface area contributed by atoms with Gasteiger partial charge in [-0.15, -0.1) is 11.3 Å². The van der Waals surface area contributed by atoms with Crippen LogP contribution in [0.1, 0.15) is 131 Å². The summed E-state index contributed by atoms with van der Waals surface area (Å²) < 4.78 is 2.73. The van der Waals surface area contributed by atoms with E-state index < -0.39 is 0 Å². The molecule has 0 saturated heterocycles. The molecule has 12 rings (SSSR count). The van der Waals surface area contributed by atoms with Crippen LogP contribution < -0.4 is 21.3 Å². The normalized spacial score (nSPS) is 18.6. The summed E-state index contributed by atoms with van der Waals surface area (Å²) in [6, 6.07) is 46.5. The zero-order valence-electron chi connectivity index (χ0n) is 33.2. The monoisotopic (exact) mass is 757 g/mol. The Morgan fingerprint density at radius 3 is 1.77 bits per heavy atom. The van der Waals surface area contributed by atoms with Crippen molar-refractivity contribution in [2.45, 2.75) is 114 Å². The Kier molecular flexibility index (Phi) is 8.49.